The number of ether oxygens (including phenoxy) is 3. The molecule has 0 radical (unpaired) electrons. The minimum Gasteiger partial charge on any atom is -0.484 e. The number of fused-ring (bicyclic) bond motifs is 1. The third-order valence-electron chi connectivity index (χ3n) is 3.91. The van der Waals surface area contributed by atoms with Crippen LogP contribution >= 0.6 is 0 Å². The van der Waals surface area contributed by atoms with E-state index < -0.39 is 23.6 Å². The Bertz CT molecular complexity index is 1020. The van der Waals surface area contributed by atoms with E-state index in [1.165, 1.54) is 19.4 Å². The number of aromatic nitrogens is 3. The first-order chi connectivity index (χ1) is 13.8. The molecule has 3 aromatic rings. The van der Waals surface area contributed by atoms with Crippen LogP contribution in [0.25, 0.3) is 11.0 Å². The Kier molecular flexibility index (Phi) is 6.38. The van der Waals surface area contributed by atoms with Crippen LogP contribution in [0.1, 0.15) is 11.3 Å². The van der Waals surface area contributed by atoms with E-state index >= 15 is 0 Å². The zero-order valence-electron chi connectivity index (χ0n) is 15.6. The molecule has 0 aliphatic rings. The Hall–Kier alpha value is -2.66. The molecule has 0 bridgehead atoms. The van der Waals surface area contributed by atoms with Gasteiger partial charge in [0.2, 0.25) is 0 Å². The van der Waals surface area contributed by atoms with Gasteiger partial charge in [-0.05, 0) is 25.1 Å². The number of pyridine rings is 1. The van der Waals surface area contributed by atoms with Crippen LogP contribution in [0.5, 0.6) is 11.5 Å². The first-order valence-corrected chi connectivity index (χ1v) is 9.72. The lowest BCUT2D eigenvalue weighted by molar-refractivity contribution is -0.153. The van der Waals surface area contributed by atoms with Gasteiger partial charge in [0, 0.05) is 24.9 Å². The summed E-state index contributed by atoms with van der Waals surface area (Å²) in [5.74, 6) is 0.586. The lowest BCUT2D eigenvalue weighted by atomic mass is 10.2. The quantitative estimate of drug-likeness (QED) is 0.552. The molecule has 0 fully saturated rings. The summed E-state index contributed by atoms with van der Waals surface area (Å²) in [6.07, 6.45) is -3.12. The number of methoxy groups -OCH3 is 1. The maximum atomic E-state index is 12.7. The van der Waals surface area contributed by atoms with E-state index in [1.807, 2.05) is 0 Å². The number of nitrogens with zero attached hydrogens (tertiary/aromatic N) is 2. The fourth-order valence-corrected chi connectivity index (χ4v) is 3.60. The van der Waals surface area contributed by atoms with E-state index in [9.17, 15) is 17.4 Å². The van der Waals surface area contributed by atoms with Crippen molar-refractivity contribution in [1.29, 1.82) is 0 Å². The van der Waals surface area contributed by atoms with E-state index in [-0.39, 0.29) is 23.5 Å². The Morgan fingerprint density at radius 2 is 2.00 bits per heavy atom. The maximum absolute atomic E-state index is 12.7. The number of halogens is 3. The molecule has 2 heterocycles. The molecule has 7 nitrogen and oxygen atoms in total. The average Bonchev–Trinajstić information content (AvgIpc) is 3.10. The third-order valence-corrected chi connectivity index (χ3v) is 5.07. The van der Waals surface area contributed by atoms with Crippen molar-refractivity contribution in [3.63, 3.8) is 0 Å². The van der Waals surface area contributed by atoms with Gasteiger partial charge in [-0.1, -0.05) is 0 Å². The topological polar surface area (TPSA) is 86.3 Å². The van der Waals surface area contributed by atoms with Crippen molar-refractivity contribution in [2.75, 3.05) is 20.5 Å². The minimum absolute atomic E-state index is 0.0259. The maximum Gasteiger partial charge on any atom is 0.422 e. The fourth-order valence-electron chi connectivity index (χ4n) is 2.50. The minimum atomic E-state index is -4.45. The average molecular weight is 429 g/mol. The standard InChI is InChI=1S/C18H18F3N3O4S/c1-11-15(22-6-5-16(11)27-9-18(19,20)21)8-29(25)17-23-13-4-3-12(28-10-26-2)7-14(13)24-17/h3-7H,8-10H2,1-2H3,(H,23,24)/t29-/m1/s1. The summed E-state index contributed by atoms with van der Waals surface area (Å²) >= 11 is 0. The number of aromatic amines is 1. The number of nitrogens with one attached hydrogen (secondary N) is 1. The van der Waals surface area contributed by atoms with Crippen molar-refractivity contribution in [3.8, 4) is 11.5 Å². The van der Waals surface area contributed by atoms with Crippen molar-refractivity contribution >= 4 is 21.8 Å². The highest BCUT2D eigenvalue weighted by atomic mass is 32.2. The van der Waals surface area contributed by atoms with Gasteiger partial charge >= 0.3 is 6.18 Å². The van der Waals surface area contributed by atoms with Crippen molar-refractivity contribution in [1.82, 2.24) is 15.0 Å². The van der Waals surface area contributed by atoms with Gasteiger partial charge in [-0.2, -0.15) is 13.2 Å². The van der Waals surface area contributed by atoms with Crippen LogP contribution in [0.15, 0.2) is 35.6 Å². The number of rotatable bonds is 8. The van der Waals surface area contributed by atoms with E-state index in [0.717, 1.165) is 0 Å². The summed E-state index contributed by atoms with van der Waals surface area (Å²) in [6.45, 7) is 0.261. The first kappa shape index (κ1) is 21.1. The molecule has 0 saturated carbocycles. The molecule has 0 spiro atoms. The van der Waals surface area contributed by atoms with E-state index in [1.54, 1.807) is 25.1 Å². The highest BCUT2D eigenvalue weighted by Gasteiger charge is 2.29. The first-order valence-electron chi connectivity index (χ1n) is 8.41. The molecule has 1 aromatic carbocycles. The summed E-state index contributed by atoms with van der Waals surface area (Å²) in [5.41, 5.74) is 2.00. The largest absolute Gasteiger partial charge is 0.484 e. The molecular formula is C18H18F3N3O4S. The van der Waals surface area contributed by atoms with Crippen LogP contribution in [0.3, 0.4) is 0 Å². The number of H-pyrrole nitrogens is 1. The zero-order chi connectivity index (χ0) is 21.0. The van der Waals surface area contributed by atoms with Gasteiger partial charge in [0.25, 0.3) is 0 Å². The van der Waals surface area contributed by atoms with Crippen LogP contribution in [-0.4, -0.2) is 45.8 Å². The smallest absolute Gasteiger partial charge is 0.422 e. The second-order valence-electron chi connectivity index (χ2n) is 6.05. The molecular weight excluding hydrogens is 411 g/mol. The molecule has 1 N–H and O–H groups in total. The van der Waals surface area contributed by atoms with Gasteiger partial charge in [-0.15, -0.1) is 0 Å². The van der Waals surface area contributed by atoms with Crippen molar-refractivity contribution in [2.24, 2.45) is 0 Å². The van der Waals surface area contributed by atoms with E-state index in [2.05, 4.69) is 15.0 Å². The summed E-state index contributed by atoms with van der Waals surface area (Å²) in [6, 6.07) is 6.47. The van der Waals surface area contributed by atoms with E-state index in [0.29, 0.717) is 28.0 Å². The third kappa shape index (κ3) is 5.45. The highest BCUT2D eigenvalue weighted by molar-refractivity contribution is 7.84. The molecule has 0 unspecified atom stereocenters. The van der Waals surface area contributed by atoms with Crippen LogP contribution in [0.4, 0.5) is 13.2 Å². The van der Waals surface area contributed by atoms with Crippen LogP contribution in [0.2, 0.25) is 0 Å². The monoisotopic (exact) mass is 429 g/mol. The Labute approximate surface area is 166 Å². The Morgan fingerprint density at radius 3 is 2.72 bits per heavy atom. The van der Waals surface area contributed by atoms with Crippen molar-refractivity contribution in [2.45, 2.75) is 24.0 Å². The number of hydrogen-bond acceptors (Lipinski definition) is 6. The second kappa shape index (κ2) is 8.78. The van der Waals surface area contributed by atoms with Crippen molar-refractivity contribution in [3.05, 3.63) is 41.7 Å². The Balaban J connectivity index is 1.76. The predicted octanol–water partition coefficient (Wildman–Crippen LogP) is 3.50. The molecule has 156 valence electrons. The number of hydrogen-bond donors (Lipinski definition) is 1. The van der Waals surface area contributed by atoms with Crippen LogP contribution in [-0.2, 0) is 21.3 Å². The number of benzene rings is 1. The highest BCUT2D eigenvalue weighted by Crippen LogP contribution is 2.25. The second-order valence-corrected chi connectivity index (χ2v) is 7.41. The molecule has 2 aromatic heterocycles. The molecule has 0 saturated heterocycles. The van der Waals surface area contributed by atoms with Crippen molar-refractivity contribution < 1.29 is 31.6 Å². The summed E-state index contributed by atoms with van der Waals surface area (Å²) in [5, 5.41) is 0.228. The summed E-state index contributed by atoms with van der Waals surface area (Å²) < 4.78 is 64.9. The predicted molar refractivity (Wildman–Crippen MR) is 99.2 cm³/mol. The van der Waals surface area contributed by atoms with Gasteiger partial charge < -0.3 is 19.2 Å². The number of imidazole rings is 1. The molecule has 0 aliphatic heterocycles. The van der Waals surface area contributed by atoms with Crippen LogP contribution in [0, 0.1) is 6.92 Å². The zero-order valence-corrected chi connectivity index (χ0v) is 16.4. The molecule has 1 atom stereocenters. The fraction of sp³-hybridized carbons (Fsp3) is 0.333. The van der Waals surface area contributed by atoms with Gasteiger partial charge in [-0.25, -0.2) is 4.98 Å². The molecule has 11 heteroatoms. The molecule has 3 rings (SSSR count). The van der Waals surface area contributed by atoms with Gasteiger partial charge in [0.15, 0.2) is 18.6 Å². The lowest BCUT2D eigenvalue weighted by Crippen LogP contribution is -2.19. The molecule has 0 amide bonds. The van der Waals surface area contributed by atoms with Gasteiger partial charge in [0.05, 0.1) is 33.3 Å². The van der Waals surface area contributed by atoms with Gasteiger partial charge in [-0.3, -0.25) is 9.19 Å². The Morgan fingerprint density at radius 1 is 1.21 bits per heavy atom. The summed E-state index contributed by atoms with van der Waals surface area (Å²) in [4.78, 5) is 11.4. The van der Waals surface area contributed by atoms with Crippen LogP contribution < -0.4 is 9.47 Å². The van der Waals surface area contributed by atoms with E-state index in [4.69, 9.17) is 14.2 Å². The number of alkyl halides is 3. The summed E-state index contributed by atoms with van der Waals surface area (Å²) in [7, 11) is -0.0819. The SMILES string of the molecule is COCOc1ccc2nc([S@](=O)Cc3nccc(OCC(F)(F)F)c3C)[nH]c2c1. The lowest BCUT2D eigenvalue weighted by Gasteiger charge is -2.13. The molecule has 29 heavy (non-hydrogen) atoms. The normalized spacial score (nSPS) is 12.9. The molecule has 0 aliphatic carbocycles. The van der Waals surface area contributed by atoms with Gasteiger partial charge in [0.1, 0.15) is 11.5 Å².